The number of methoxy groups -OCH3 is 1. The average molecular weight is 944 g/mol. The number of thioether (sulfide) groups is 1. The molecule has 2 saturated heterocycles. The van der Waals surface area contributed by atoms with E-state index in [2.05, 4.69) is 0 Å². The highest BCUT2D eigenvalue weighted by Crippen LogP contribution is 2.39. The standard InChI is InChI=1S/C47H77NO16S/c1-14-36(51)61-34-19-17-15-16-18-29(5)57-38(53)24-35(60-32(8)50)44(55-12)43(33(20-21-49)23-28(34)4)64-46-41(54)40(48(10)11)42(30(6)59-46)63-39-25-47(9,56-26-65-13)45(31(7)58-39)62-37(52)22-27(2)3/h15-17,19,21,27-31,33-35,39-46,54H,14,18,20,22-26H2,1-13H3/b16-15+,19-17+/t28-,29-,30-,31+,33+,34+,35-,39+,40-,41-,42-,43+,44+,45+,46+,47-/m1/s1. The summed E-state index contributed by atoms with van der Waals surface area (Å²) in [5, 5.41) is 12.3. The topological polar surface area (TPSA) is 201 Å². The van der Waals surface area contributed by atoms with Crippen LogP contribution in [0.5, 0.6) is 0 Å². The Morgan fingerprint density at radius 3 is 2.31 bits per heavy atom. The third kappa shape index (κ3) is 17.0. The van der Waals surface area contributed by atoms with E-state index in [-0.39, 0.29) is 44.0 Å². The van der Waals surface area contributed by atoms with Crippen LogP contribution in [-0.4, -0.2) is 159 Å². The van der Waals surface area contributed by atoms with Crippen molar-refractivity contribution in [2.45, 2.75) is 193 Å². The number of hydrogen-bond donors (Lipinski definition) is 1. The Morgan fingerprint density at radius 2 is 1.71 bits per heavy atom. The fraction of sp³-hybridized carbons (Fsp3) is 0.809. The van der Waals surface area contributed by atoms with Crippen LogP contribution in [0.2, 0.25) is 0 Å². The Morgan fingerprint density at radius 1 is 1.00 bits per heavy atom. The van der Waals surface area contributed by atoms with Gasteiger partial charge < -0.3 is 62.2 Å². The third-order valence-corrected chi connectivity index (χ3v) is 12.3. The summed E-state index contributed by atoms with van der Waals surface area (Å²) in [6.45, 7) is 15.8. The van der Waals surface area contributed by atoms with E-state index >= 15 is 0 Å². The molecule has 0 aromatic heterocycles. The largest absolute Gasteiger partial charge is 0.462 e. The van der Waals surface area contributed by atoms with E-state index in [9.17, 15) is 29.1 Å². The molecule has 3 heterocycles. The molecular weight excluding hydrogens is 867 g/mol. The lowest BCUT2D eigenvalue weighted by molar-refractivity contribution is -0.345. The van der Waals surface area contributed by atoms with Gasteiger partial charge in [0.1, 0.15) is 48.5 Å². The summed E-state index contributed by atoms with van der Waals surface area (Å²) in [5.41, 5.74) is -0.984. The van der Waals surface area contributed by atoms with E-state index in [0.29, 0.717) is 12.4 Å². The second-order valence-electron chi connectivity index (χ2n) is 18.3. The highest BCUT2D eigenvalue weighted by molar-refractivity contribution is 7.98. The van der Waals surface area contributed by atoms with Crippen molar-refractivity contribution in [3.05, 3.63) is 24.3 Å². The fourth-order valence-corrected chi connectivity index (χ4v) is 9.16. The van der Waals surface area contributed by atoms with Gasteiger partial charge in [-0.25, -0.2) is 0 Å². The molecule has 17 nitrogen and oxygen atoms in total. The molecule has 3 aliphatic heterocycles. The van der Waals surface area contributed by atoms with Gasteiger partial charge in [-0.05, 0) is 78.3 Å². The van der Waals surface area contributed by atoms with E-state index in [4.69, 9.17) is 47.4 Å². The Hall–Kier alpha value is -2.94. The summed E-state index contributed by atoms with van der Waals surface area (Å²) >= 11 is 1.49. The molecule has 1 N–H and O–H groups in total. The van der Waals surface area contributed by atoms with Gasteiger partial charge in [0.25, 0.3) is 0 Å². The number of esters is 4. The van der Waals surface area contributed by atoms with Gasteiger partial charge in [0.05, 0.1) is 36.7 Å². The Balaban J connectivity index is 2.06. The first-order chi connectivity index (χ1) is 30.7. The van der Waals surface area contributed by atoms with Gasteiger partial charge in [0.15, 0.2) is 18.7 Å². The third-order valence-electron chi connectivity index (χ3n) is 11.9. The molecule has 2 fully saturated rings. The van der Waals surface area contributed by atoms with Gasteiger partial charge >= 0.3 is 23.9 Å². The molecule has 0 spiro atoms. The van der Waals surface area contributed by atoms with Gasteiger partial charge in [0, 0.05) is 46.1 Å². The predicted molar refractivity (Wildman–Crippen MR) is 241 cm³/mol. The molecule has 65 heavy (non-hydrogen) atoms. The maximum Gasteiger partial charge on any atom is 0.309 e. The zero-order valence-electron chi connectivity index (χ0n) is 40.7. The van der Waals surface area contributed by atoms with Crippen molar-refractivity contribution in [1.82, 2.24) is 4.90 Å². The van der Waals surface area contributed by atoms with Crippen LogP contribution in [0.4, 0.5) is 0 Å². The molecule has 0 unspecified atom stereocenters. The molecule has 0 aromatic rings. The van der Waals surface area contributed by atoms with Crippen LogP contribution in [0.1, 0.15) is 107 Å². The van der Waals surface area contributed by atoms with Crippen LogP contribution in [0, 0.1) is 17.8 Å². The second kappa shape index (κ2) is 27.2. The number of aliphatic hydroxyl groups excluding tert-OH is 1. The highest BCUT2D eigenvalue weighted by atomic mass is 32.2. The van der Waals surface area contributed by atoms with Crippen molar-refractivity contribution in [3.8, 4) is 0 Å². The molecule has 0 bridgehead atoms. The summed E-state index contributed by atoms with van der Waals surface area (Å²) in [7, 11) is 4.94. The summed E-state index contributed by atoms with van der Waals surface area (Å²) in [6.07, 6.45) is -0.977. The van der Waals surface area contributed by atoms with E-state index in [1.54, 1.807) is 64.9 Å². The van der Waals surface area contributed by atoms with Gasteiger partial charge in [-0.2, -0.15) is 0 Å². The smallest absolute Gasteiger partial charge is 0.309 e. The molecule has 0 radical (unpaired) electrons. The summed E-state index contributed by atoms with van der Waals surface area (Å²) in [5.74, 6) is -2.80. The van der Waals surface area contributed by atoms with Crippen molar-refractivity contribution >= 4 is 41.9 Å². The monoisotopic (exact) mass is 943 g/mol. The second-order valence-corrected chi connectivity index (χ2v) is 19.1. The minimum absolute atomic E-state index is 0.0925. The Labute approximate surface area is 390 Å². The summed E-state index contributed by atoms with van der Waals surface area (Å²) in [6, 6.07) is -0.769. The number of ether oxygens (including phenoxy) is 10. The SMILES string of the molecule is CCC(=O)O[C@H]1/C=C/C=C/C[C@@H](C)OC(=O)C[C@@H](OC(C)=O)[C@H](OC)[C@@H](O[C@@H]2O[C@H](C)[C@@H](O[C@H]3C[C@@](C)(OCSC)[C@@H](OC(=O)CC(C)C)[C@H](C)O3)[C@H](N(C)C)[C@H]2O)[C@@H](CC=O)C[C@H]1C. The quantitative estimate of drug-likeness (QED) is 0.0849. The first kappa shape index (κ1) is 56.4. The maximum absolute atomic E-state index is 13.4. The lowest BCUT2D eigenvalue weighted by Gasteiger charge is -2.51. The van der Waals surface area contributed by atoms with E-state index < -0.39 is 121 Å². The van der Waals surface area contributed by atoms with Crippen LogP contribution < -0.4 is 0 Å². The molecule has 0 amide bonds. The van der Waals surface area contributed by atoms with Crippen LogP contribution in [0.25, 0.3) is 0 Å². The molecule has 372 valence electrons. The number of cyclic esters (lactones) is 1. The minimum Gasteiger partial charge on any atom is -0.462 e. The van der Waals surface area contributed by atoms with E-state index in [0.717, 1.165) is 6.29 Å². The van der Waals surface area contributed by atoms with Crippen LogP contribution in [0.15, 0.2) is 24.3 Å². The predicted octanol–water partition coefficient (Wildman–Crippen LogP) is 5.32. The molecule has 0 aromatic carbocycles. The molecule has 0 saturated carbocycles. The first-order valence-corrected chi connectivity index (χ1v) is 24.2. The molecule has 3 rings (SSSR count). The molecule has 0 aliphatic carbocycles. The summed E-state index contributed by atoms with van der Waals surface area (Å²) < 4.78 is 62.1. The van der Waals surface area contributed by atoms with Crippen LogP contribution in [0.3, 0.4) is 0 Å². The van der Waals surface area contributed by atoms with Gasteiger partial charge in [0.2, 0.25) is 0 Å². The first-order valence-electron chi connectivity index (χ1n) is 22.8. The van der Waals surface area contributed by atoms with Crippen molar-refractivity contribution < 1.29 is 76.4 Å². The molecule has 3 aliphatic rings. The van der Waals surface area contributed by atoms with Gasteiger partial charge in [-0.1, -0.05) is 45.9 Å². The zero-order chi connectivity index (χ0) is 48.6. The molecular formula is C47H77NO16S. The van der Waals surface area contributed by atoms with Crippen molar-refractivity contribution in [3.63, 3.8) is 0 Å². The highest BCUT2D eigenvalue weighted by Gasteiger charge is 2.54. The lowest BCUT2D eigenvalue weighted by Crippen LogP contribution is -2.66. The number of carbonyl (C=O) groups is 5. The number of hydrogen-bond acceptors (Lipinski definition) is 18. The Bertz CT molecular complexity index is 1580. The molecule has 18 heteroatoms. The Kier molecular flexibility index (Phi) is 23.6. The normalized spacial score (nSPS) is 37.5. The van der Waals surface area contributed by atoms with E-state index in [1.807, 2.05) is 40.0 Å². The number of likely N-dealkylation sites (N-methyl/N-ethyl adjacent to an activating group) is 1. The lowest BCUT2D eigenvalue weighted by atomic mass is 9.82. The van der Waals surface area contributed by atoms with Crippen molar-refractivity contribution in [2.24, 2.45) is 17.8 Å². The number of nitrogens with zero attached hydrogens (tertiary/aromatic N) is 1. The van der Waals surface area contributed by atoms with Crippen LogP contribution in [-0.2, 0) is 71.3 Å². The number of aliphatic hydroxyl groups is 1. The maximum atomic E-state index is 13.4. The number of carbonyl (C=O) groups excluding carboxylic acids is 5. The zero-order valence-corrected chi connectivity index (χ0v) is 41.5. The van der Waals surface area contributed by atoms with Crippen molar-refractivity contribution in [1.29, 1.82) is 0 Å². The number of rotatable bonds is 17. The fourth-order valence-electron chi connectivity index (χ4n) is 8.78. The minimum atomic E-state index is -1.39. The van der Waals surface area contributed by atoms with Gasteiger partial charge in [-0.15, -0.1) is 11.8 Å². The van der Waals surface area contributed by atoms with Gasteiger partial charge in [-0.3, -0.25) is 19.2 Å². The molecule has 16 atom stereocenters. The van der Waals surface area contributed by atoms with Crippen molar-refractivity contribution in [2.75, 3.05) is 33.4 Å². The van der Waals surface area contributed by atoms with Crippen LogP contribution >= 0.6 is 11.8 Å². The number of allylic oxidation sites excluding steroid dienone is 2. The number of aldehydes is 1. The average Bonchev–Trinajstić information content (AvgIpc) is 3.21. The van der Waals surface area contributed by atoms with E-state index in [1.165, 1.54) is 25.8 Å². The summed E-state index contributed by atoms with van der Waals surface area (Å²) in [4.78, 5) is 65.9.